The predicted octanol–water partition coefficient (Wildman–Crippen LogP) is 4.68. The van der Waals surface area contributed by atoms with E-state index in [1.807, 2.05) is 6.92 Å². The van der Waals surface area contributed by atoms with Gasteiger partial charge in [-0.3, -0.25) is 4.90 Å². The predicted molar refractivity (Wildman–Crippen MR) is 116 cm³/mol. The summed E-state index contributed by atoms with van der Waals surface area (Å²) >= 11 is 5.80. The Morgan fingerprint density at radius 1 is 1.24 bits per heavy atom. The zero-order chi connectivity index (χ0) is 21.0. The van der Waals surface area contributed by atoms with E-state index in [0.717, 1.165) is 49.8 Å². The van der Waals surface area contributed by atoms with Gasteiger partial charge in [-0.2, -0.15) is 0 Å². The molecule has 2 heterocycles. The molecule has 7 heteroatoms. The van der Waals surface area contributed by atoms with E-state index in [2.05, 4.69) is 41.7 Å². The minimum atomic E-state index is -0.428. The summed E-state index contributed by atoms with van der Waals surface area (Å²) in [6, 6.07) is 7.05. The van der Waals surface area contributed by atoms with Crippen LogP contribution < -0.4 is 9.64 Å². The Balaban J connectivity index is 1.48. The summed E-state index contributed by atoms with van der Waals surface area (Å²) in [6.07, 6.45) is 2.16. The van der Waals surface area contributed by atoms with E-state index in [4.69, 9.17) is 21.3 Å². The fourth-order valence-corrected chi connectivity index (χ4v) is 3.76. The molecule has 0 amide bonds. The molecule has 0 spiro atoms. The van der Waals surface area contributed by atoms with E-state index in [-0.39, 0.29) is 5.02 Å². The van der Waals surface area contributed by atoms with Crippen LogP contribution in [0.25, 0.3) is 0 Å². The second-order valence-electron chi connectivity index (χ2n) is 8.00. The number of anilines is 1. The standard InChI is InChI=1S/C22H30ClFN4O/c1-15(2)22-25-16(3)13-21(26-22)28-9-7-17(8-10-28)27(4)11-12-29-18-5-6-20(24)19(23)14-18/h5-6,13-15,17H,7-12H2,1-4H3. The zero-order valence-corrected chi connectivity index (χ0v) is 18.4. The van der Waals surface area contributed by atoms with E-state index in [9.17, 15) is 4.39 Å². The first-order chi connectivity index (χ1) is 13.8. The molecule has 158 valence electrons. The Hall–Kier alpha value is -1.92. The Morgan fingerprint density at radius 3 is 2.62 bits per heavy atom. The zero-order valence-electron chi connectivity index (χ0n) is 17.7. The third kappa shape index (κ3) is 5.80. The summed E-state index contributed by atoms with van der Waals surface area (Å²) in [5, 5.41) is 0.0869. The molecule has 0 unspecified atom stereocenters. The van der Waals surface area contributed by atoms with E-state index in [0.29, 0.717) is 24.3 Å². The third-order valence-electron chi connectivity index (χ3n) is 5.39. The van der Waals surface area contributed by atoms with Gasteiger partial charge in [0, 0.05) is 49.4 Å². The Labute approximate surface area is 177 Å². The second kappa shape index (κ2) is 9.72. The molecule has 0 saturated carbocycles. The lowest BCUT2D eigenvalue weighted by Crippen LogP contribution is -2.44. The number of aryl methyl sites for hydroxylation is 1. The van der Waals surface area contributed by atoms with Crippen molar-refractivity contribution in [2.24, 2.45) is 0 Å². The van der Waals surface area contributed by atoms with Gasteiger partial charge < -0.3 is 9.64 Å². The van der Waals surface area contributed by atoms with Crippen LogP contribution >= 0.6 is 11.6 Å². The molecule has 1 aliphatic rings. The molecule has 1 aliphatic heterocycles. The average Bonchev–Trinajstić information content (AvgIpc) is 2.70. The largest absolute Gasteiger partial charge is 0.492 e. The van der Waals surface area contributed by atoms with Crippen molar-refractivity contribution in [3.05, 3.63) is 46.6 Å². The lowest BCUT2D eigenvalue weighted by atomic mass is 10.0. The molecule has 0 atom stereocenters. The highest BCUT2D eigenvalue weighted by Gasteiger charge is 2.24. The summed E-state index contributed by atoms with van der Waals surface area (Å²) in [5.74, 6) is 2.45. The number of hydrogen-bond donors (Lipinski definition) is 0. The molecule has 0 aliphatic carbocycles. The van der Waals surface area contributed by atoms with Gasteiger partial charge in [0.2, 0.25) is 0 Å². The van der Waals surface area contributed by atoms with Gasteiger partial charge in [0.05, 0.1) is 5.02 Å². The van der Waals surface area contributed by atoms with Crippen LogP contribution in [0.5, 0.6) is 5.75 Å². The van der Waals surface area contributed by atoms with Gasteiger partial charge >= 0.3 is 0 Å². The maximum absolute atomic E-state index is 13.2. The van der Waals surface area contributed by atoms with Crippen molar-refractivity contribution in [2.45, 2.75) is 45.6 Å². The number of hydrogen-bond acceptors (Lipinski definition) is 5. The van der Waals surface area contributed by atoms with Crippen molar-refractivity contribution in [3.8, 4) is 5.75 Å². The third-order valence-corrected chi connectivity index (χ3v) is 5.68. The second-order valence-corrected chi connectivity index (χ2v) is 8.41. The number of nitrogens with zero attached hydrogens (tertiary/aromatic N) is 4. The summed E-state index contributed by atoms with van der Waals surface area (Å²) in [7, 11) is 2.13. The van der Waals surface area contributed by atoms with Crippen molar-refractivity contribution >= 4 is 17.4 Å². The van der Waals surface area contributed by atoms with Gasteiger partial charge in [-0.15, -0.1) is 0 Å². The van der Waals surface area contributed by atoms with Crippen LogP contribution in [0, 0.1) is 12.7 Å². The SMILES string of the molecule is Cc1cc(N2CCC(N(C)CCOc3ccc(F)c(Cl)c3)CC2)nc(C(C)C)n1. The molecule has 0 N–H and O–H groups in total. The molecule has 2 aromatic rings. The fraction of sp³-hybridized carbons (Fsp3) is 0.545. The number of likely N-dealkylation sites (N-methyl/N-ethyl adjacent to an activating group) is 1. The van der Waals surface area contributed by atoms with Crippen LogP contribution in [0.4, 0.5) is 10.2 Å². The highest BCUT2D eigenvalue weighted by molar-refractivity contribution is 6.30. The summed E-state index contributed by atoms with van der Waals surface area (Å²) < 4.78 is 18.9. The molecule has 29 heavy (non-hydrogen) atoms. The van der Waals surface area contributed by atoms with E-state index >= 15 is 0 Å². The van der Waals surface area contributed by atoms with Crippen molar-refractivity contribution in [1.82, 2.24) is 14.9 Å². The van der Waals surface area contributed by atoms with Gasteiger partial charge in [-0.05, 0) is 38.9 Å². The van der Waals surface area contributed by atoms with Crippen LogP contribution in [-0.2, 0) is 0 Å². The van der Waals surface area contributed by atoms with Crippen LogP contribution in [0.15, 0.2) is 24.3 Å². The minimum absolute atomic E-state index is 0.0869. The quantitative estimate of drug-likeness (QED) is 0.650. The first-order valence-electron chi connectivity index (χ1n) is 10.2. The van der Waals surface area contributed by atoms with E-state index in [1.165, 1.54) is 12.1 Å². The normalized spacial score (nSPS) is 15.4. The molecular weight excluding hydrogens is 391 g/mol. The van der Waals surface area contributed by atoms with Crippen LogP contribution in [0.1, 0.15) is 44.1 Å². The van der Waals surface area contributed by atoms with Crippen LogP contribution in [0.3, 0.4) is 0 Å². The number of halogens is 2. The number of benzene rings is 1. The lowest BCUT2D eigenvalue weighted by Gasteiger charge is -2.37. The Kier molecular flexibility index (Phi) is 7.30. The maximum atomic E-state index is 13.2. The van der Waals surface area contributed by atoms with Gasteiger partial charge in [-0.1, -0.05) is 25.4 Å². The first kappa shape index (κ1) is 21.8. The molecule has 0 radical (unpaired) electrons. The number of piperidine rings is 1. The van der Waals surface area contributed by atoms with E-state index in [1.54, 1.807) is 6.07 Å². The van der Waals surface area contributed by atoms with Crippen LogP contribution in [0.2, 0.25) is 5.02 Å². The molecule has 1 saturated heterocycles. The highest BCUT2D eigenvalue weighted by Crippen LogP contribution is 2.24. The van der Waals surface area contributed by atoms with Crippen molar-refractivity contribution < 1.29 is 9.13 Å². The van der Waals surface area contributed by atoms with Crippen molar-refractivity contribution in [1.29, 1.82) is 0 Å². The fourth-order valence-electron chi connectivity index (χ4n) is 3.59. The molecule has 1 aromatic heterocycles. The summed E-state index contributed by atoms with van der Waals surface area (Å²) in [5.41, 5.74) is 1.02. The summed E-state index contributed by atoms with van der Waals surface area (Å²) in [4.78, 5) is 14.0. The topological polar surface area (TPSA) is 41.5 Å². The van der Waals surface area contributed by atoms with Gasteiger partial charge in [0.1, 0.15) is 29.8 Å². The Morgan fingerprint density at radius 2 is 1.97 bits per heavy atom. The lowest BCUT2D eigenvalue weighted by molar-refractivity contribution is 0.170. The molecule has 0 bridgehead atoms. The van der Waals surface area contributed by atoms with Gasteiger partial charge in [0.25, 0.3) is 0 Å². The number of ether oxygens (including phenoxy) is 1. The molecule has 1 aromatic carbocycles. The highest BCUT2D eigenvalue weighted by atomic mass is 35.5. The van der Waals surface area contributed by atoms with Gasteiger partial charge in [-0.25, -0.2) is 14.4 Å². The maximum Gasteiger partial charge on any atom is 0.142 e. The molecule has 5 nitrogen and oxygen atoms in total. The monoisotopic (exact) mass is 420 g/mol. The van der Waals surface area contributed by atoms with Crippen molar-refractivity contribution in [2.75, 3.05) is 38.2 Å². The Bertz CT molecular complexity index is 824. The molecule has 1 fully saturated rings. The molecular formula is C22H30ClFN4O. The summed E-state index contributed by atoms with van der Waals surface area (Å²) in [6.45, 7) is 9.61. The average molecular weight is 421 g/mol. The first-order valence-corrected chi connectivity index (χ1v) is 10.6. The smallest absolute Gasteiger partial charge is 0.142 e. The van der Waals surface area contributed by atoms with Gasteiger partial charge in [0.15, 0.2) is 0 Å². The van der Waals surface area contributed by atoms with Crippen molar-refractivity contribution in [3.63, 3.8) is 0 Å². The van der Waals surface area contributed by atoms with E-state index < -0.39 is 5.82 Å². The molecule has 3 rings (SSSR count). The number of rotatable bonds is 7. The van der Waals surface area contributed by atoms with Crippen LogP contribution in [-0.4, -0.2) is 54.2 Å². The number of aromatic nitrogens is 2. The minimum Gasteiger partial charge on any atom is -0.492 e.